The molecule has 0 amide bonds. The van der Waals surface area contributed by atoms with Crippen molar-refractivity contribution in [2.45, 2.75) is 5.92 Å². The van der Waals surface area contributed by atoms with Gasteiger partial charge in [0, 0.05) is 36.5 Å². The Balaban J connectivity index is 2.03. The molecule has 24 heavy (non-hydrogen) atoms. The zero-order chi connectivity index (χ0) is 17.3. The van der Waals surface area contributed by atoms with E-state index >= 15 is 0 Å². The van der Waals surface area contributed by atoms with Crippen molar-refractivity contribution >= 4 is 17.2 Å². The standard InChI is InChI=1S/C17H15ClF2N4/c1-3-17(19,20)13-8-9-24(2)10-12(13)16-21-15(22-23-16)11-6-4-5-7-14(11)18/h3-8,10H,1,9H2,2H3,(H,21,22,23). The first-order chi connectivity index (χ1) is 11.4. The van der Waals surface area contributed by atoms with Crippen molar-refractivity contribution in [2.24, 2.45) is 0 Å². The van der Waals surface area contributed by atoms with Crippen molar-refractivity contribution in [1.29, 1.82) is 0 Å². The van der Waals surface area contributed by atoms with Crippen molar-refractivity contribution in [3.8, 4) is 11.4 Å². The third-order valence-corrected chi connectivity index (χ3v) is 4.02. The Bertz CT molecular complexity index is 839. The van der Waals surface area contributed by atoms with Gasteiger partial charge in [0.15, 0.2) is 11.6 Å². The van der Waals surface area contributed by atoms with E-state index < -0.39 is 5.92 Å². The third kappa shape index (κ3) is 2.97. The predicted octanol–water partition coefficient (Wildman–Crippen LogP) is 4.16. The predicted molar refractivity (Wildman–Crippen MR) is 90.7 cm³/mol. The number of H-pyrrole nitrogens is 1. The summed E-state index contributed by atoms with van der Waals surface area (Å²) < 4.78 is 28.3. The van der Waals surface area contributed by atoms with Crippen LogP contribution in [0.25, 0.3) is 17.0 Å². The molecule has 0 radical (unpaired) electrons. The van der Waals surface area contributed by atoms with Crippen molar-refractivity contribution in [1.82, 2.24) is 20.1 Å². The number of rotatable bonds is 4. The molecule has 0 aliphatic carbocycles. The molecule has 1 aromatic carbocycles. The smallest absolute Gasteiger partial charge is 0.291 e. The number of allylic oxidation sites excluding steroid dienone is 3. The van der Waals surface area contributed by atoms with E-state index in [1.807, 2.05) is 6.07 Å². The maximum atomic E-state index is 14.2. The lowest BCUT2D eigenvalue weighted by atomic mass is 9.97. The van der Waals surface area contributed by atoms with Crippen LogP contribution in [0, 0.1) is 0 Å². The van der Waals surface area contributed by atoms with Gasteiger partial charge in [0.2, 0.25) is 0 Å². The van der Waals surface area contributed by atoms with Crippen LogP contribution in [0.15, 0.2) is 54.8 Å². The fourth-order valence-electron chi connectivity index (χ4n) is 2.45. The minimum atomic E-state index is -3.15. The number of likely N-dealkylation sites (N-methyl/N-ethyl adjacent to an activating group) is 1. The number of nitrogens with zero attached hydrogens (tertiary/aromatic N) is 3. The summed E-state index contributed by atoms with van der Waals surface area (Å²) in [6.07, 6.45) is 3.69. The number of aromatic nitrogens is 3. The summed E-state index contributed by atoms with van der Waals surface area (Å²) >= 11 is 6.15. The fraction of sp³-hybridized carbons (Fsp3) is 0.176. The van der Waals surface area contributed by atoms with E-state index in [0.29, 0.717) is 29.0 Å². The Hall–Kier alpha value is -2.47. The average Bonchev–Trinajstić information content (AvgIpc) is 3.04. The Morgan fingerprint density at radius 1 is 1.38 bits per heavy atom. The summed E-state index contributed by atoms with van der Waals surface area (Å²) in [7, 11) is 1.79. The van der Waals surface area contributed by atoms with Crippen LogP contribution in [0.1, 0.15) is 5.82 Å². The van der Waals surface area contributed by atoms with E-state index in [9.17, 15) is 8.78 Å². The molecule has 1 aliphatic rings. The van der Waals surface area contributed by atoms with Gasteiger partial charge in [-0.15, -0.1) is 0 Å². The molecule has 1 N–H and O–H groups in total. The summed E-state index contributed by atoms with van der Waals surface area (Å²) in [4.78, 5) is 6.12. The molecular formula is C17H15ClF2N4. The van der Waals surface area contributed by atoms with Crippen molar-refractivity contribution in [3.05, 3.63) is 65.6 Å². The van der Waals surface area contributed by atoms with Crippen LogP contribution in [0.2, 0.25) is 5.02 Å². The maximum Gasteiger partial charge on any atom is 0.291 e. The van der Waals surface area contributed by atoms with Crippen molar-refractivity contribution < 1.29 is 8.78 Å². The molecule has 3 rings (SSSR count). The number of aromatic amines is 1. The number of benzene rings is 1. The molecule has 0 atom stereocenters. The first-order valence-corrected chi connectivity index (χ1v) is 7.62. The van der Waals surface area contributed by atoms with Gasteiger partial charge >= 0.3 is 0 Å². The Morgan fingerprint density at radius 3 is 2.83 bits per heavy atom. The number of alkyl halides is 2. The Morgan fingerprint density at radius 2 is 2.12 bits per heavy atom. The molecule has 1 aliphatic heterocycles. The van der Waals surface area contributed by atoms with E-state index in [-0.39, 0.29) is 17.0 Å². The lowest BCUT2D eigenvalue weighted by Crippen LogP contribution is -2.25. The maximum absolute atomic E-state index is 14.2. The second-order valence-corrected chi connectivity index (χ2v) is 5.82. The van der Waals surface area contributed by atoms with Gasteiger partial charge in [0.05, 0.1) is 5.02 Å². The number of hydrogen-bond donors (Lipinski definition) is 1. The average molecular weight is 349 g/mol. The van der Waals surface area contributed by atoms with Crippen LogP contribution in [0.5, 0.6) is 0 Å². The minimum Gasteiger partial charge on any atom is -0.376 e. The zero-order valence-electron chi connectivity index (χ0n) is 12.9. The second-order valence-electron chi connectivity index (χ2n) is 5.41. The molecule has 124 valence electrons. The highest BCUT2D eigenvalue weighted by Gasteiger charge is 2.36. The van der Waals surface area contributed by atoms with E-state index in [1.165, 1.54) is 6.08 Å². The lowest BCUT2D eigenvalue weighted by Gasteiger charge is -2.25. The minimum absolute atomic E-state index is 0.152. The van der Waals surface area contributed by atoms with E-state index in [4.69, 9.17) is 11.6 Å². The van der Waals surface area contributed by atoms with Gasteiger partial charge < -0.3 is 4.90 Å². The quantitative estimate of drug-likeness (QED) is 0.844. The highest BCUT2D eigenvalue weighted by Crippen LogP contribution is 2.37. The first-order valence-electron chi connectivity index (χ1n) is 7.24. The van der Waals surface area contributed by atoms with Crippen LogP contribution < -0.4 is 0 Å². The molecule has 0 saturated heterocycles. The molecule has 0 bridgehead atoms. The summed E-state index contributed by atoms with van der Waals surface area (Å²) in [5, 5.41) is 7.36. The molecule has 1 aromatic heterocycles. The largest absolute Gasteiger partial charge is 0.376 e. The van der Waals surface area contributed by atoms with E-state index in [0.717, 1.165) is 0 Å². The molecule has 0 saturated carbocycles. The van der Waals surface area contributed by atoms with Gasteiger partial charge in [-0.3, -0.25) is 5.10 Å². The molecule has 0 spiro atoms. The lowest BCUT2D eigenvalue weighted by molar-refractivity contribution is 0.102. The van der Waals surface area contributed by atoms with E-state index in [1.54, 1.807) is 36.3 Å². The van der Waals surface area contributed by atoms with Gasteiger partial charge in [-0.2, -0.15) is 13.9 Å². The summed E-state index contributed by atoms with van der Waals surface area (Å²) in [6.45, 7) is 3.60. The van der Waals surface area contributed by atoms with Gasteiger partial charge in [0.25, 0.3) is 5.92 Å². The number of nitrogens with one attached hydrogen (secondary N) is 1. The molecule has 0 unspecified atom stereocenters. The Labute approximate surface area is 143 Å². The molecule has 2 aromatic rings. The topological polar surface area (TPSA) is 44.8 Å². The summed E-state index contributed by atoms with van der Waals surface area (Å²) in [6, 6.07) is 7.12. The third-order valence-electron chi connectivity index (χ3n) is 3.69. The first kappa shape index (κ1) is 16.4. The molecular weight excluding hydrogens is 334 g/mol. The second kappa shape index (κ2) is 6.20. The van der Waals surface area contributed by atoms with Crippen LogP contribution >= 0.6 is 11.6 Å². The van der Waals surface area contributed by atoms with Crippen molar-refractivity contribution in [3.63, 3.8) is 0 Å². The van der Waals surface area contributed by atoms with Crippen molar-refractivity contribution in [2.75, 3.05) is 13.6 Å². The van der Waals surface area contributed by atoms with Gasteiger partial charge in [0.1, 0.15) is 0 Å². The highest BCUT2D eigenvalue weighted by atomic mass is 35.5. The Kier molecular flexibility index (Phi) is 4.24. The molecule has 7 heteroatoms. The molecule has 4 nitrogen and oxygen atoms in total. The normalized spacial score (nSPS) is 15.1. The highest BCUT2D eigenvalue weighted by molar-refractivity contribution is 6.33. The van der Waals surface area contributed by atoms with Crippen LogP contribution in [0.3, 0.4) is 0 Å². The zero-order valence-corrected chi connectivity index (χ0v) is 13.7. The van der Waals surface area contributed by atoms with Gasteiger partial charge in [-0.05, 0) is 18.2 Å². The van der Waals surface area contributed by atoms with Crippen LogP contribution in [0.4, 0.5) is 8.78 Å². The van der Waals surface area contributed by atoms with Crippen LogP contribution in [-0.4, -0.2) is 39.6 Å². The molecule has 0 fully saturated rings. The van der Waals surface area contributed by atoms with E-state index in [2.05, 4.69) is 21.8 Å². The van der Waals surface area contributed by atoms with Gasteiger partial charge in [-0.1, -0.05) is 36.4 Å². The number of halogens is 3. The summed E-state index contributed by atoms with van der Waals surface area (Å²) in [5.74, 6) is -2.55. The summed E-state index contributed by atoms with van der Waals surface area (Å²) in [5.41, 5.74) is 0.757. The number of hydrogen-bond acceptors (Lipinski definition) is 3. The molecule has 2 heterocycles. The monoisotopic (exact) mass is 348 g/mol. The van der Waals surface area contributed by atoms with Crippen LogP contribution in [-0.2, 0) is 0 Å². The van der Waals surface area contributed by atoms with Gasteiger partial charge in [-0.25, -0.2) is 4.98 Å². The SMILES string of the molecule is C=CC(F)(F)C1=CCN(C)C=C1c1n[nH]c(-c2ccccc2Cl)n1. The fourth-order valence-corrected chi connectivity index (χ4v) is 2.67.